The maximum Gasteiger partial charge on any atom is 0.167 e. The van der Waals surface area contributed by atoms with Crippen molar-refractivity contribution in [1.82, 2.24) is 0 Å². The Balaban J connectivity index is 2.77. The van der Waals surface area contributed by atoms with E-state index in [1.165, 1.54) is 0 Å². The second-order valence-corrected chi connectivity index (χ2v) is 3.23. The molecule has 0 aliphatic heterocycles. The van der Waals surface area contributed by atoms with Crippen LogP contribution in [-0.4, -0.2) is 6.61 Å². The van der Waals surface area contributed by atoms with Crippen molar-refractivity contribution >= 4 is 11.6 Å². The topological polar surface area (TPSA) is 9.23 Å². The molecule has 1 aromatic rings. The molecule has 0 heterocycles. The van der Waals surface area contributed by atoms with Crippen LogP contribution in [0.1, 0.15) is 5.56 Å². The van der Waals surface area contributed by atoms with Crippen LogP contribution in [-0.2, 0) is 0 Å². The van der Waals surface area contributed by atoms with Gasteiger partial charge >= 0.3 is 0 Å². The van der Waals surface area contributed by atoms with Crippen LogP contribution >= 0.6 is 11.6 Å². The molecular formula is C10H10ClFO. The second kappa shape index (κ2) is 4.28. The van der Waals surface area contributed by atoms with Crippen LogP contribution in [0.15, 0.2) is 29.8 Å². The highest BCUT2D eigenvalue weighted by Crippen LogP contribution is 2.20. The van der Waals surface area contributed by atoms with Crippen LogP contribution < -0.4 is 4.74 Å². The molecule has 3 heteroatoms. The van der Waals surface area contributed by atoms with Crippen molar-refractivity contribution in [1.29, 1.82) is 0 Å². The molecule has 0 fully saturated rings. The first-order valence-electron chi connectivity index (χ1n) is 3.82. The Morgan fingerprint density at radius 2 is 2.31 bits per heavy atom. The molecule has 0 N–H and O–H groups in total. The monoisotopic (exact) mass is 200 g/mol. The predicted octanol–water partition coefficient (Wildman–Crippen LogP) is 3.27. The van der Waals surface area contributed by atoms with Crippen LogP contribution in [0.5, 0.6) is 5.75 Å². The zero-order valence-electron chi connectivity index (χ0n) is 7.31. The predicted molar refractivity (Wildman–Crippen MR) is 51.6 cm³/mol. The summed E-state index contributed by atoms with van der Waals surface area (Å²) in [5.41, 5.74) is 0.553. The van der Waals surface area contributed by atoms with Crippen LogP contribution in [0.3, 0.4) is 0 Å². The molecule has 70 valence electrons. The van der Waals surface area contributed by atoms with E-state index in [2.05, 4.69) is 6.58 Å². The van der Waals surface area contributed by atoms with Gasteiger partial charge in [-0.25, -0.2) is 4.39 Å². The first-order valence-corrected chi connectivity index (χ1v) is 4.20. The van der Waals surface area contributed by atoms with Gasteiger partial charge in [0.25, 0.3) is 0 Å². The van der Waals surface area contributed by atoms with E-state index in [-0.39, 0.29) is 18.2 Å². The lowest BCUT2D eigenvalue weighted by molar-refractivity contribution is 0.338. The highest BCUT2D eigenvalue weighted by molar-refractivity contribution is 6.29. The normalized spacial score (nSPS) is 9.77. The van der Waals surface area contributed by atoms with E-state index in [1.54, 1.807) is 25.1 Å². The third-order valence-corrected chi connectivity index (χ3v) is 1.65. The van der Waals surface area contributed by atoms with E-state index >= 15 is 0 Å². The molecule has 0 radical (unpaired) electrons. The largest absolute Gasteiger partial charge is 0.485 e. The second-order valence-electron chi connectivity index (χ2n) is 2.69. The van der Waals surface area contributed by atoms with Crippen molar-refractivity contribution in [2.24, 2.45) is 0 Å². The van der Waals surface area contributed by atoms with E-state index in [4.69, 9.17) is 16.3 Å². The smallest absolute Gasteiger partial charge is 0.167 e. The molecule has 0 amide bonds. The summed E-state index contributed by atoms with van der Waals surface area (Å²) >= 11 is 5.48. The van der Waals surface area contributed by atoms with Gasteiger partial charge in [0, 0.05) is 5.03 Å². The number of aryl methyl sites for hydroxylation is 1. The Morgan fingerprint density at radius 1 is 1.62 bits per heavy atom. The molecule has 0 atom stereocenters. The molecular weight excluding hydrogens is 191 g/mol. The van der Waals surface area contributed by atoms with Crippen molar-refractivity contribution < 1.29 is 9.13 Å². The van der Waals surface area contributed by atoms with Gasteiger partial charge in [-0.1, -0.05) is 30.3 Å². The summed E-state index contributed by atoms with van der Waals surface area (Å²) in [6.45, 7) is 5.25. The summed E-state index contributed by atoms with van der Waals surface area (Å²) in [6, 6.07) is 4.96. The van der Waals surface area contributed by atoms with Crippen LogP contribution in [0, 0.1) is 12.7 Å². The number of hydrogen-bond donors (Lipinski definition) is 0. The minimum Gasteiger partial charge on any atom is -0.485 e. The SMILES string of the molecule is C=C(Cl)COc1cccc(C)c1F. The summed E-state index contributed by atoms with van der Waals surface area (Å²) < 4.78 is 18.3. The van der Waals surface area contributed by atoms with E-state index in [9.17, 15) is 4.39 Å². The van der Waals surface area contributed by atoms with Crippen molar-refractivity contribution in [3.8, 4) is 5.75 Å². The lowest BCUT2D eigenvalue weighted by Crippen LogP contribution is -1.99. The van der Waals surface area contributed by atoms with Crippen molar-refractivity contribution in [2.45, 2.75) is 6.92 Å². The van der Waals surface area contributed by atoms with Gasteiger partial charge in [0.05, 0.1) is 0 Å². The molecule has 0 saturated heterocycles. The maximum absolute atomic E-state index is 13.3. The Hall–Kier alpha value is -1.02. The highest BCUT2D eigenvalue weighted by Gasteiger charge is 2.05. The molecule has 0 unspecified atom stereocenters. The lowest BCUT2D eigenvalue weighted by Gasteiger charge is -2.06. The quantitative estimate of drug-likeness (QED) is 0.728. The minimum absolute atomic E-state index is 0.127. The summed E-state index contributed by atoms with van der Waals surface area (Å²) in [5, 5.41) is 0.348. The van der Waals surface area contributed by atoms with Gasteiger partial charge < -0.3 is 4.74 Å². The third kappa shape index (κ3) is 2.74. The lowest BCUT2D eigenvalue weighted by atomic mass is 10.2. The molecule has 0 bridgehead atoms. The van der Waals surface area contributed by atoms with Gasteiger partial charge in [0.2, 0.25) is 0 Å². The van der Waals surface area contributed by atoms with Crippen LogP contribution in [0.2, 0.25) is 0 Å². The number of ether oxygens (including phenoxy) is 1. The first kappa shape index (κ1) is 10.1. The number of hydrogen-bond acceptors (Lipinski definition) is 1. The Kier molecular flexibility index (Phi) is 3.32. The molecule has 1 rings (SSSR count). The molecule has 1 nitrogen and oxygen atoms in total. The number of benzene rings is 1. The third-order valence-electron chi connectivity index (χ3n) is 1.54. The zero-order chi connectivity index (χ0) is 9.84. The Labute approximate surface area is 81.8 Å². The first-order chi connectivity index (χ1) is 6.11. The average molecular weight is 201 g/mol. The standard InChI is InChI=1S/C10H10ClFO/c1-7-4-3-5-9(10(7)12)13-6-8(2)11/h3-5H,2,6H2,1H3. The van der Waals surface area contributed by atoms with Gasteiger partial charge in [0.1, 0.15) is 6.61 Å². The Morgan fingerprint density at radius 3 is 2.92 bits per heavy atom. The fourth-order valence-electron chi connectivity index (χ4n) is 0.888. The van der Waals surface area contributed by atoms with E-state index < -0.39 is 0 Å². The van der Waals surface area contributed by atoms with Crippen molar-refractivity contribution in [3.63, 3.8) is 0 Å². The fourth-order valence-corrected chi connectivity index (χ4v) is 0.943. The van der Waals surface area contributed by atoms with Crippen LogP contribution in [0.4, 0.5) is 4.39 Å². The van der Waals surface area contributed by atoms with Gasteiger partial charge in [-0.15, -0.1) is 0 Å². The molecule has 13 heavy (non-hydrogen) atoms. The number of halogens is 2. The zero-order valence-corrected chi connectivity index (χ0v) is 8.07. The van der Waals surface area contributed by atoms with E-state index in [1.807, 2.05) is 0 Å². The molecule has 0 aliphatic carbocycles. The Bertz CT molecular complexity index is 323. The van der Waals surface area contributed by atoms with Gasteiger partial charge in [-0.2, -0.15) is 0 Å². The molecule has 0 spiro atoms. The van der Waals surface area contributed by atoms with Gasteiger partial charge in [-0.05, 0) is 18.6 Å². The highest BCUT2D eigenvalue weighted by atomic mass is 35.5. The summed E-state index contributed by atoms with van der Waals surface area (Å²) in [7, 11) is 0. The minimum atomic E-state index is -0.347. The van der Waals surface area contributed by atoms with Crippen molar-refractivity contribution in [2.75, 3.05) is 6.61 Å². The van der Waals surface area contributed by atoms with Crippen LogP contribution in [0.25, 0.3) is 0 Å². The van der Waals surface area contributed by atoms with Gasteiger partial charge in [-0.3, -0.25) is 0 Å². The van der Waals surface area contributed by atoms with E-state index in [0.29, 0.717) is 10.6 Å². The summed E-state index contributed by atoms with van der Waals surface area (Å²) in [5.74, 6) is -0.137. The molecule has 0 saturated carbocycles. The molecule has 0 aromatic heterocycles. The van der Waals surface area contributed by atoms with Gasteiger partial charge in [0.15, 0.2) is 11.6 Å². The summed E-state index contributed by atoms with van der Waals surface area (Å²) in [6.07, 6.45) is 0. The maximum atomic E-state index is 13.3. The fraction of sp³-hybridized carbons (Fsp3) is 0.200. The van der Waals surface area contributed by atoms with E-state index in [0.717, 1.165) is 0 Å². The molecule has 0 aliphatic rings. The average Bonchev–Trinajstić information content (AvgIpc) is 2.07. The molecule has 1 aromatic carbocycles. The number of rotatable bonds is 3. The van der Waals surface area contributed by atoms with Crippen molar-refractivity contribution in [3.05, 3.63) is 41.2 Å². The summed E-state index contributed by atoms with van der Waals surface area (Å²) in [4.78, 5) is 0.